The van der Waals surface area contributed by atoms with Gasteiger partial charge in [-0.15, -0.1) is 0 Å². The van der Waals surface area contributed by atoms with Crippen molar-refractivity contribution in [3.8, 4) is 11.5 Å². The standard InChI is InChI=1S/C16H20ClNO4/c1-10-9-22-11(2)8-18(10)15(19)7-12-5-13(17)16-14(6-12)20-3-4-21-16/h5-6,10-11H,3-4,7-9H2,1-2H3/t10-,11+/m0/s1. The molecule has 0 unspecified atom stereocenters. The highest BCUT2D eigenvalue weighted by atomic mass is 35.5. The van der Waals surface area contributed by atoms with E-state index in [0.29, 0.717) is 49.3 Å². The number of carbonyl (C=O) groups is 1. The van der Waals surface area contributed by atoms with Crippen molar-refractivity contribution >= 4 is 17.5 Å². The normalized spacial score (nSPS) is 24.2. The topological polar surface area (TPSA) is 48.0 Å². The van der Waals surface area contributed by atoms with Gasteiger partial charge in [-0.25, -0.2) is 0 Å². The maximum Gasteiger partial charge on any atom is 0.227 e. The van der Waals surface area contributed by atoms with Gasteiger partial charge in [0.1, 0.15) is 13.2 Å². The van der Waals surface area contributed by atoms with Crippen LogP contribution in [0.5, 0.6) is 11.5 Å². The van der Waals surface area contributed by atoms with Crippen molar-refractivity contribution in [1.82, 2.24) is 4.90 Å². The molecule has 1 aromatic rings. The molecule has 0 aliphatic carbocycles. The molecule has 2 aliphatic rings. The first kappa shape index (κ1) is 15.4. The number of fused-ring (bicyclic) bond motifs is 1. The number of carbonyl (C=O) groups excluding carboxylic acids is 1. The Morgan fingerprint density at radius 2 is 2.09 bits per heavy atom. The molecule has 22 heavy (non-hydrogen) atoms. The Hall–Kier alpha value is -1.46. The number of morpholine rings is 1. The van der Waals surface area contributed by atoms with Crippen LogP contribution in [0.3, 0.4) is 0 Å². The number of ether oxygens (including phenoxy) is 3. The van der Waals surface area contributed by atoms with Crippen LogP contribution in [0.25, 0.3) is 0 Å². The molecule has 2 heterocycles. The maximum atomic E-state index is 12.6. The highest BCUT2D eigenvalue weighted by molar-refractivity contribution is 6.32. The third kappa shape index (κ3) is 3.15. The lowest BCUT2D eigenvalue weighted by Crippen LogP contribution is -2.50. The zero-order chi connectivity index (χ0) is 15.7. The van der Waals surface area contributed by atoms with E-state index < -0.39 is 0 Å². The van der Waals surface area contributed by atoms with Gasteiger partial charge in [0.25, 0.3) is 0 Å². The van der Waals surface area contributed by atoms with Crippen LogP contribution in [0, 0.1) is 0 Å². The number of amides is 1. The van der Waals surface area contributed by atoms with Gasteiger partial charge in [0, 0.05) is 6.54 Å². The Bertz CT molecular complexity index is 578. The van der Waals surface area contributed by atoms with E-state index in [0.717, 1.165) is 5.56 Å². The van der Waals surface area contributed by atoms with E-state index in [2.05, 4.69) is 0 Å². The molecule has 1 amide bonds. The predicted molar refractivity (Wildman–Crippen MR) is 82.7 cm³/mol. The van der Waals surface area contributed by atoms with E-state index in [-0.39, 0.29) is 18.1 Å². The van der Waals surface area contributed by atoms with E-state index in [9.17, 15) is 4.79 Å². The monoisotopic (exact) mass is 325 g/mol. The zero-order valence-electron chi connectivity index (χ0n) is 12.8. The molecule has 1 aromatic carbocycles. The molecule has 0 aromatic heterocycles. The lowest BCUT2D eigenvalue weighted by atomic mass is 10.1. The number of rotatable bonds is 2. The fourth-order valence-electron chi connectivity index (χ4n) is 2.79. The Morgan fingerprint density at radius 1 is 1.32 bits per heavy atom. The second kappa shape index (κ2) is 6.34. The van der Waals surface area contributed by atoms with Gasteiger partial charge in [-0.05, 0) is 31.5 Å². The third-order valence-electron chi connectivity index (χ3n) is 3.94. The minimum atomic E-state index is 0.0732. The van der Waals surface area contributed by atoms with Crippen LogP contribution in [0.4, 0.5) is 0 Å². The molecule has 0 saturated carbocycles. The molecular formula is C16H20ClNO4. The van der Waals surface area contributed by atoms with Crippen LogP contribution in [0.2, 0.25) is 5.02 Å². The molecule has 0 N–H and O–H groups in total. The minimum absolute atomic E-state index is 0.0732. The smallest absolute Gasteiger partial charge is 0.227 e. The SMILES string of the molecule is C[C@@H]1CN(C(=O)Cc2cc(Cl)c3c(c2)OCCO3)[C@@H](C)CO1. The summed E-state index contributed by atoms with van der Waals surface area (Å²) in [4.78, 5) is 14.4. The van der Waals surface area contributed by atoms with Crippen molar-refractivity contribution in [2.45, 2.75) is 32.4 Å². The van der Waals surface area contributed by atoms with Crippen molar-refractivity contribution in [3.63, 3.8) is 0 Å². The van der Waals surface area contributed by atoms with Crippen LogP contribution < -0.4 is 9.47 Å². The molecular weight excluding hydrogens is 306 g/mol. The molecule has 120 valence electrons. The number of benzene rings is 1. The van der Waals surface area contributed by atoms with Gasteiger partial charge < -0.3 is 19.1 Å². The maximum absolute atomic E-state index is 12.6. The molecule has 1 fully saturated rings. The minimum Gasteiger partial charge on any atom is -0.486 e. The molecule has 5 nitrogen and oxygen atoms in total. The summed E-state index contributed by atoms with van der Waals surface area (Å²) >= 11 is 6.22. The Kier molecular flexibility index (Phi) is 4.45. The van der Waals surface area contributed by atoms with Gasteiger partial charge >= 0.3 is 0 Å². The number of hydrogen-bond acceptors (Lipinski definition) is 4. The lowest BCUT2D eigenvalue weighted by molar-refractivity contribution is -0.142. The van der Waals surface area contributed by atoms with Crippen molar-refractivity contribution in [2.75, 3.05) is 26.4 Å². The van der Waals surface area contributed by atoms with Gasteiger partial charge in [-0.2, -0.15) is 0 Å². The molecule has 0 bridgehead atoms. The van der Waals surface area contributed by atoms with Crippen LogP contribution in [-0.2, 0) is 16.0 Å². The second-order valence-electron chi connectivity index (χ2n) is 5.82. The molecule has 6 heteroatoms. The molecule has 3 rings (SSSR count). The molecule has 0 spiro atoms. The second-order valence-corrected chi connectivity index (χ2v) is 6.22. The summed E-state index contributed by atoms with van der Waals surface area (Å²) in [7, 11) is 0. The third-order valence-corrected chi connectivity index (χ3v) is 4.22. The van der Waals surface area contributed by atoms with E-state index in [1.165, 1.54) is 0 Å². The summed E-state index contributed by atoms with van der Waals surface area (Å²) in [5, 5.41) is 0.489. The van der Waals surface area contributed by atoms with Gasteiger partial charge in [0.2, 0.25) is 5.91 Å². The van der Waals surface area contributed by atoms with Gasteiger partial charge in [0.15, 0.2) is 11.5 Å². The van der Waals surface area contributed by atoms with Crippen LogP contribution >= 0.6 is 11.6 Å². The average molecular weight is 326 g/mol. The van der Waals surface area contributed by atoms with Crippen molar-refractivity contribution in [2.24, 2.45) is 0 Å². The highest BCUT2D eigenvalue weighted by Crippen LogP contribution is 2.38. The highest BCUT2D eigenvalue weighted by Gasteiger charge is 2.28. The fraction of sp³-hybridized carbons (Fsp3) is 0.562. The van der Waals surface area contributed by atoms with Crippen LogP contribution in [0.1, 0.15) is 19.4 Å². The summed E-state index contributed by atoms with van der Waals surface area (Å²) in [6.45, 7) is 6.17. The van der Waals surface area contributed by atoms with E-state index in [4.69, 9.17) is 25.8 Å². The number of halogens is 1. The Morgan fingerprint density at radius 3 is 2.91 bits per heavy atom. The predicted octanol–water partition coefficient (Wildman–Crippen LogP) is 2.29. The first-order valence-electron chi connectivity index (χ1n) is 7.53. The first-order valence-corrected chi connectivity index (χ1v) is 7.91. The average Bonchev–Trinajstić information content (AvgIpc) is 2.49. The summed E-state index contributed by atoms with van der Waals surface area (Å²) in [5.74, 6) is 1.26. The summed E-state index contributed by atoms with van der Waals surface area (Å²) in [6.07, 6.45) is 0.372. The first-order chi connectivity index (χ1) is 10.5. The fourth-order valence-corrected chi connectivity index (χ4v) is 3.08. The van der Waals surface area contributed by atoms with Crippen molar-refractivity contribution in [3.05, 3.63) is 22.7 Å². The zero-order valence-corrected chi connectivity index (χ0v) is 13.6. The van der Waals surface area contributed by atoms with E-state index in [1.807, 2.05) is 24.8 Å². The Labute approximate surface area is 135 Å². The molecule has 1 saturated heterocycles. The number of hydrogen-bond donors (Lipinski definition) is 0. The van der Waals surface area contributed by atoms with Crippen molar-refractivity contribution in [1.29, 1.82) is 0 Å². The van der Waals surface area contributed by atoms with Crippen molar-refractivity contribution < 1.29 is 19.0 Å². The summed E-state index contributed by atoms with van der Waals surface area (Å²) in [5.41, 5.74) is 0.839. The summed E-state index contributed by atoms with van der Waals surface area (Å²) < 4.78 is 16.6. The molecule has 2 atom stereocenters. The van der Waals surface area contributed by atoms with Gasteiger partial charge in [0.05, 0.1) is 30.2 Å². The van der Waals surface area contributed by atoms with Crippen LogP contribution in [-0.4, -0.2) is 49.3 Å². The quantitative estimate of drug-likeness (QED) is 0.837. The largest absolute Gasteiger partial charge is 0.486 e. The van der Waals surface area contributed by atoms with Gasteiger partial charge in [-0.1, -0.05) is 11.6 Å². The van der Waals surface area contributed by atoms with Crippen LogP contribution in [0.15, 0.2) is 12.1 Å². The Balaban J connectivity index is 1.75. The summed E-state index contributed by atoms with van der Waals surface area (Å²) in [6, 6.07) is 3.71. The lowest BCUT2D eigenvalue weighted by Gasteiger charge is -2.37. The van der Waals surface area contributed by atoms with E-state index in [1.54, 1.807) is 6.07 Å². The molecule has 0 radical (unpaired) electrons. The molecule has 2 aliphatic heterocycles. The number of nitrogens with zero attached hydrogens (tertiary/aromatic N) is 1. The van der Waals surface area contributed by atoms with Gasteiger partial charge in [-0.3, -0.25) is 4.79 Å². The van der Waals surface area contributed by atoms with E-state index >= 15 is 0 Å².